The van der Waals surface area contributed by atoms with Crippen molar-refractivity contribution in [3.05, 3.63) is 30.1 Å². The van der Waals surface area contributed by atoms with Gasteiger partial charge < -0.3 is 10.5 Å². The molecule has 19 heavy (non-hydrogen) atoms. The highest BCUT2D eigenvalue weighted by Crippen LogP contribution is 2.42. The molecular formula is C15H22N2OS. The van der Waals surface area contributed by atoms with Crippen molar-refractivity contribution in [1.29, 1.82) is 0 Å². The summed E-state index contributed by atoms with van der Waals surface area (Å²) in [7, 11) is 0. The van der Waals surface area contributed by atoms with E-state index in [1.807, 2.05) is 24.0 Å². The van der Waals surface area contributed by atoms with Crippen LogP contribution in [0.3, 0.4) is 0 Å². The molecule has 1 aromatic rings. The Morgan fingerprint density at radius 2 is 2.26 bits per heavy atom. The van der Waals surface area contributed by atoms with Crippen molar-refractivity contribution in [3.63, 3.8) is 0 Å². The van der Waals surface area contributed by atoms with Crippen LogP contribution in [0.25, 0.3) is 0 Å². The average Bonchev–Trinajstić information content (AvgIpc) is 2.48. The fourth-order valence-corrected chi connectivity index (χ4v) is 4.55. The number of ether oxygens (including phenoxy) is 1. The third-order valence-electron chi connectivity index (χ3n) is 4.51. The van der Waals surface area contributed by atoms with Crippen LogP contribution in [-0.4, -0.2) is 28.7 Å². The molecule has 1 spiro atoms. The van der Waals surface area contributed by atoms with E-state index >= 15 is 0 Å². The average molecular weight is 278 g/mol. The molecule has 4 heteroatoms. The largest absolute Gasteiger partial charge is 0.375 e. The Hall–Kier alpha value is -0.580. The normalized spacial score (nSPS) is 28.2. The maximum Gasteiger partial charge on any atom is 0.0701 e. The number of rotatable bonds is 2. The minimum Gasteiger partial charge on any atom is -0.375 e. The Kier molecular flexibility index (Phi) is 4.10. The lowest BCUT2D eigenvalue weighted by atomic mass is 9.77. The van der Waals surface area contributed by atoms with Crippen LogP contribution in [0.2, 0.25) is 0 Å². The fourth-order valence-electron chi connectivity index (χ4n) is 3.31. The maximum absolute atomic E-state index is 6.46. The molecule has 3 nitrogen and oxygen atoms in total. The van der Waals surface area contributed by atoms with Crippen molar-refractivity contribution in [2.45, 2.75) is 37.3 Å². The molecule has 2 aliphatic heterocycles. The lowest BCUT2D eigenvalue weighted by molar-refractivity contribution is -0.105. The van der Waals surface area contributed by atoms with Gasteiger partial charge >= 0.3 is 0 Å². The third-order valence-corrected chi connectivity index (χ3v) is 5.50. The highest BCUT2D eigenvalue weighted by Gasteiger charge is 2.40. The standard InChI is InChI=1S/C15H22N2OS/c16-14(13-2-1-6-17-11-13)12-3-7-18-15(10-12)4-8-19-9-5-15/h1-2,6,11-12,14H,3-5,7-10,16H2. The Morgan fingerprint density at radius 1 is 1.42 bits per heavy atom. The predicted molar refractivity (Wildman–Crippen MR) is 79.1 cm³/mol. The first-order valence-electron chi connectivity index (χ1n) is 7.16. The summed E-state index contributed by atoms with van der Waals surface area (Å²) in [5.74, 6) is 2.99. The van der Waals surface area contributed by atoms with Gasteiger partial charge in [0, 0.05) is 25.0 Å². The van der Waals surface area contributed by atoms with Crippen LogP contribution in [0.4, 0.5) is 0 Å². The molecule has 0 amide bonds. The van der Waals surface area contributed by atoms with Crippen molar-refractivity contribution in [2.75, 3.05) is 18.1 Å². The lowest BCUT2D eigenvalue weighted by Gasteiger charge is -2.44. The quantitative estimate of drug-likeness (QED) is 0.903. The van der Waals surface area contributed by atoms with E-state index < -0.39 is 0 Å². The molecule has 2 N–H and O–H groups in total. The number of hydrogen-bond acceptors (Lipinski definition) is 4. The van der Waals surface area contributed by atoms with Gasteiger partial charge in [0.1, 0.15) is 0 Å². The van der Waals surface area contributed by atoms with Gasteiger partial charge in [-0.3, -0.25) is 4.98 Å². The van der Waals surface area contributed by atoms with E-state index in [2.05, 4.69) is 11.1 Å². The number of hydrogen-bond donors (Lipinski definition) is 1. The molecule has 0 saturated carbocycles. The summed E-state index contributed by atoms with van der Waals surface area (Å²) in [6, 6.07) is 4.17. The van der Waals surface area contributed by atoms with Crippen LogP contribution >= 0.6 is 11.8 Å². The molecule has 2 saturated heterocycles. The maximum atomic E-state index is 6.46. The number of aromatic nitrogens is 1. The molecule has 2 atom stereocenters. The zero-order valence-electron chi connectivity index (χ0n) is 11.3. The van der Waals surface area contributed by atoms with Crippen molar-refractivity contribution in [1.82, 2.24) is 4.98 Å². The van der Waals surface area contributed by atoms with E-state index in [4.69, 9.17) is 10.5 Å². The van der Waals surface area contributed by atoms with Gasteiger partial charge in [-0.2, -0.15) is 11.8 Å². The van der Waals surface area contributed by atoms with Crippen LogP contribution in [-0.2, 0) is 4.74 Å². The molecule has 2 aliphatic rings. The topological polar surface area (TPSA) is 48.1 Å². The second kappa shape index (κ2) is 5.81. The van der Waals surface area contributed by atoms with E-state index in [0.29, 0.717) is 5.92 Å². The zero-order valence-corrected chi connectivity index (χ0v) is 12.1. The van der Waals surface area contributed by atoms with E-state index in [-0.39, 0.29) is 11.6 Å². The molecule has 104 valence electrons. The molecule has 0 bridgehead atoms. The van der Waals surface area contributed by atoms with Crippen molar-refractivity contribution in [3.8, 4) is 0 Å². The Balaban J connectivity index is 1.71. The van der Waals surface area contributed by atoms with E-state index in [1.165, 1.54) is 24.3 Å². The summed E-state index contributed by atoms with van der Waals surface area (Å²) < 4.78 is 6.14. The highest BCUT2D eigenvalue weighted by atomic mass is 32.2. The minimum absolute atomic E-state index is 0.101. The van der Waals surface area contributed by atoms with Gasteiger partial charge in [-0.15, -0.1) is 0 Å². The number of pyridine rings is 1. The van der Waals surface area contributed by atoms with E-state index in [0.717, 1.165) is 25.0 Å². The van der Waals surface area contributed by atoms with Gasteiger partial charge in [0.2, 0.25) is 0 Å². The molecule has 0 radical (unpaired) electrons. The van der Waals surface area contributed by atoms with Crippen molar-refractivity contribution in [2.24, 2.45) is 11.7 Å². The summed E-state index contributed by atoms with van der Waals surface area (Å²) >= 11 is 2.05. The zero-order chi connectivity index (χ0) is 13.1. The number of nitrogens with two attached hydrogens (primary N) is 1. The van der Waals surface area contributed by atoms with Crippen LogP contribution in [0.5, 0.6) is 0 Å². The Bertz CT molecular complexity index is 400. The fraction of sp³-hybridized carbons (Fsp3) is 0.667. The van der Waals surface area contributed by atoms with Gasteiger partial charge in [0.25, 0.3) is 0 Å². The minimum atomic E-state index is 0.101. The van der Waals surface area contributed by atoms with Gasteiger partial charge in [-0.1, -0.05) is 6.07 Å². The highest BCUT2D eigenvalue weighted by molar-refractivity contribution is 7.99. The predicted octanol–water partition coefficient (Wildman–Crippen LogP) is 2.77. The summed E-state index contributed by atoms with van der Waals surface area (Å²) in [4.78, 5) is 4.19. The van der Waals surface area contributed by atoms with Crippen LogP contribution < -0.4 is 5.73 Å². The smallest absolute Gasteiger partial charge is 0.0701 e. The third kappa shape index (κ3) is 2.96. The van der Waals surface area contributed by atoms with Crippen LogP contribution in [0, 0.1) is 5.92 Å². The van der Waals surface area contributed by atoms with Crippen LogP contribution in [0.15, 0.2) is 24.5 Å². The molecule has 0 aliphatic carbocycles. The number of thioether (sulfide) groups is 1. The second-order valence-electron chi connectivity index (χ2n) is 5.71. The molecule has 3 heterocycles. The summed E-state index contributed by atoms with van der Waals surface area (Å²) in [5.41, 5.74) is 7.74. The molecule has 0 aromatic carbocycles. The van der Waals surface area contributed by atoms with Gasteiger partial charge in [-0.25, -0.2) is 0 Å². The van der Waals surface area contributed by atoms with Crippen molar-refractivity contribution < 1.29 is 4.74 Å². The first-order valence-corrected chi connectivity index (χ1v) is 8.32. The lowest BCUT2D eigenvalue weighted by Crippen LogP contribution is -2.45. The molecular weight excluding hydrogens is 256 g/mol. The Morgan fingerprint density at radius 3 is 3.00 bits per heavy atom. The second-order valence-corrected chi connectivity index (χ2v) is 6.93. The Labute approximate surface area is 119 Å². The van der Waals surface area contributed by atoms with E-state index in [9.17, 15) is 0 Å². The number of nitrogens with zero attached hydrogens (tertiary/aromatic N) is 1. The van der Waals surface area contributed by atoms with Crippen LogP contribution in [0.1, 0.15) is 37.3 Å². The monoisotopic (exact) mass is 278 g/mol. The summed E-state index contributed by atoms with van der Waals surface area (Å²) in [5, 5.41) is 0. The van der Waals surface area contributed by atoms with E-state index in [1.54, 1.807) is 6.20 Å². The van der Waals surface area contributed by atoms with Gasteiger partial charge in [0.05, 0.1) is 5.60 Å². The first-order chi connectivity index (χ1) is 9.29. The summed E-state index contributed by atoms with van der Waals surface area (Å²) in [6.45, 7) is 0.864. The van der Waals surface area contributed by atoms with Gasteiger partial charge in [-0.05, 0) is 54.7 Å². The SMILES string of the molecule is NC(c1cccnc1)C1CCOC2(CCSCC2)C1. The molecule has 1 aromatic heterocycles. The van der Waals surface area contributed by atoms with Crippen molar-refractivity contribution >= 4 is 11.8 Å². The molecule has 3 rings (SSSR count). The molecule has 2 unspecified atom stereocenters. The molecule has 2 fully saturated rings. The summed E-state index contributed by atoms with van der Waals surface area (Å²) in [6.07, 6.45) is 8.28. The first kappa shape index (κ1) is 13.4. The van der Waals surface area contributed by atoms with Gasteiger partial charge in [0.15, 0.2) is 0 Å².